The third-order valence-electron chi connectivity index (χ3n) is 2.98. The van der Waals surface area contributed by atoms with Crippen LogP contribution in [0.2, 0.25) is 5.15 Å². The summed E-state index contributed by atoms with van der Waals surface area (Å²) in [7, 11) is 2.08. The largest absolute Gasteiger partial charge is 0.337 e. The van der Waals surface area contributed by atoms with E-state index in [1.54, 1.807) is 18.3 Å². The molecule has 0 saturated carbocycles. The summed E-state index contributed by atoms with van der Waals surface area (Å²) in [5.41, 5.74) is 0.620. The number of carbonyl (C=O) groups excluding carboxylic acids is 1. The number of rotatable bonds is 1. The highest BCUT2D eigenvalue weighted by atomic mass is 35.5. The number of pyridine rings is 1. The van der Waals surface area contributed by atoms with Crippen molar-refractivity contribution < 1.29 is 4.79 Å². The van der Waals surface area contributed by atoms with E-state index in [1.807, 2.05) is 4.90 Å². The van der Waals surface area contributed by atoms with Gasteiger partial charge in [-0.05, 0) is 32.1 Å². The molecule has 1 aliphatic rings. The Morgan fingerprint density at radius 3 is 2.94 bits per heavy atom. The van der Waals surface area contributed by atoms with Gasteiger partial charge in [0.1, 0.15) is 5.15 Å². The first kappa shape index (κ1) is 12.3. The van der Waals surface area contributed by atoms with Crippen molar-refractivity contribution in [2.75, 3.05) is 33.2 Å². The second-order valence-electron chi connectivity index (χ2n) is 4.32. The molecular weight excluding hydrogens is 238 g/mol. The zero-order valence-electron chi connectivity index (χ0n) is 9.90. The molecule has 5 heteroatoms. The maximum absolute atomic E-state index is 12.2. The molecule has 0 N–H and O–H groups in total. The van der Waals surface area contributed by atoms with Crippen LogP contribution in [0.5, 0.6) is 0 Å². The summed E-state index contributed by atoms with van der Waals surface area (Å²) in [5.74, 6) is 0.0459. The van der Waals surface area contributed by atoms with Gasteiger partial charge in [-0.3, -0.25) is 4.79 Å². The lowest BCUT2D eigenvalue weighted by molar-refractivity contribution is 0.0762. The zero-order chi connectivity index (χ0) is 12.3. The average molecular weight is 254 g/mol. The van der Waals surface area contributed by atoms with Crippen molar-refractivity contribution in [2.24, 2.45) is 0 Å². The molecule has 2 heterocycles. The van der Waals surface area contributed by atoms with Crippen molar-refractivity contribution in [3.63, 3.8) is 0 Å². The minimum atomic E-state index is 0.0459. The molecule has 0 radical (unpaired) electrons. The van der Waals surface area contributed by atoms with Gasteiger partial charge in [0.2, 0.25) is 0 Å². The number of amides is 1. The number of hydrogen-bond donors (Lipinski definition) is 0. The van der Waals surface area contributed by atoms with Gasteiger partial charge in [0.05, 0.1) is 0 Å². The molecule has 2 rings (SSSR count). The lowest BCUT2D eigenvalue weighted by Gasteiger charge is -2.20. The van der Waals surface area contributed by atoms with Crippen LogP contribution in [0.1, 0.15) is 16.8 Å². The second-order valence-corrected chi connectivity index (χ2v) is 4.70. The molecule has 17 heavy (non-hydrogen) atoms. The summed E-state index contributed by atoms with van der Waals surface area (Å²) in [4.78, 5) is 20.2. The van der Waals surface area contributed by atoms with Crippen LogP contribution in [0.15, 0.2) is 18.3 Å². The molecule has 1 aliphatic heterocycles. The lowest BCUT2D eigenvalue weighted by atomic mass is 10.2. The Morgan fingerprint density at radius 1 is 1.35 bits per heavy atom. The van der Waals surface area contributed by atoms with E-state index >= 15 is 0 Å². The minimum Gasteiger partial charge on any atom is -0.337 e. The maximum atomic E-state index is 12.2. The van der Waals surface area contributed by atoms with Gasteiger partial charge in [-0.15, -0.1) is 0 Å². The van der Waals surface area contributed by atoms with E-state index in [0.29, 0.717) is 10.7 Å². The predicted octanol–water partition coefficient (Wildman–Crippen LogP) is 1.51. The first-order chi connectivity index (χ1) is 8.16. The fourth-order valence-corrected chi connectivity index (χ4v) is 2.14. The van der Waals surface area contributed by atoms with Crippen LogP contribution in [0.3, 0.4) is 0 Å². The fraction of sp³-hybridized carbons (Fsp3) is 0.500. The van der Waals surface area contributed by atoms with Crippen molar-refractivity contribution in [1.29, 1.82) is 0 Å². The molecule has 1 fully saturated rings. The van der Waals surface area contributed by atoms with E-state index in [1.165, 1.54) is 0 Å². The zero-order valence-corrected chi connectivity index (χ0v) is 10.7. The first-order valence-corrected chi connectivity index (χ1v) is 6.14. The van der Waals surface area contributed by atoms with E-state index < -0.39 is 0 Å². The summed E-state index contributed by atoms with van der Waals surface area (Å²) < 4.78 is 0. The number of aromatic nitrogens is 1. The minimum absolute atomic E-state index is 0.0459. The first-order valence-electron chi connectivity index (χ1n) is 5.76. The Morgan fingerprint density at radius 2 is 2.18 bits per heavy atom. The Labute approximate surface area is 106 Å². The van der Waals surface area contributed by atoms with Gasteiger partial charge in [0.25, 0.3) is 5.91 Å². The topological polar surface area (TPSA) is 36.4 Å². The third kappa shape index (κ3) is 3.17. The van der Waals surface area contributed by atoms with Gasteiger partial charge in [-0.2, -0.15) is 0 Å². The van der Waals surface area contributed by atoms with E-state index in [9.17, 15) is 4.79 Å². The van der Waals surface area contributed by atoms with E-state index in [4.69, 9.17) is 11.6 Å². The van der Waals surface area contributed by atoms with Crippen LogP contribution in [0.4, 0.5) is 0 Å². The molecule has 0 atom stereocenters. The van der Waals surface area contributed by atoms with Crippen molar-refractivity contribution in [2.45, 2.75) is 6.42 Å². The normalized spacial score (nSPS) is 17.9. The monoisotopic (exact) mass is 253 g/mol. The number of hydrogen-bond acceptors (Lipinski definition) is 3. The number of halogens is 1. The molecule has 1 aromatic rings. The van der Waals surface area contributed by atoms with Gasteiger partial charge in [-0.25, -0.2) is 4.98 Å². The van der Waals surface area contributed by atoms with Crippen molar-refractivity contribution >= 4 is 17.5 Å². The molecular formula is C12H16ClN3O. The molecule has 1 saturated heterocycles. The summed E-state index contributed by atoms with van der Waals surface area (Å²) in [5, 5.41) is 0.364. The molecule has 1 aromatic heterocycles. The summed E-state index contributed by atoms with van der Waals surface area (Å²) in [6.07, 6.45) is 2.58. The van der Waals surface area contributed by atoms with Crippen LogP contribution in [0.25, 0.3) is 0 Å². The van der Waals surface area contributed by atoms with Gasteiger partial charge < -0.3 is 9.80 Å². The van der Waals surface area contributed by atoms with E-state index in [2.05, 4.69) is 16.9 Å². The van der Waals surface area contributed by atoms with Crippen molar-refractivity contribution in [3.05, 3.63) is 29.0 Å². The smallest absolute Gasteiger partial charge is 0.254 e. The van der Waals surface area contributed by atoms with Crippen LogP contribution >= 0.6 is 11.6 Å². The Kier molecular flexibility index (Phi) is 3.97. The summed E-state index contributed by atoms with van der Waals surface area (Å²) in [6, 6.07) is 3.33. The summed E-state index contributed by atoms with van der Waals surface area (Å²) in [6.45, 7) is 3.55. The lowest BCUT2D eigenvalue weighted by Crippen LogP contribution is -2.34. The van der Waals surface area contributed by atoms with Crippen LogP contribution in [-0.4, -0.2) is 53.9 Å². The van der Waals surface area contributed by atoms with Crippen molar-refractivity contribution in [1.82, 2.24) is 14.8 Å². The highest BCUT2D eigenvalue weighted by Crippen LogP contribution is 2.11. The quantitative estimate of drug-likeness (QED) is 0.712. The Bertz CT molecular complexity index is 410. The van der Waals surface area contributed by atoms with Gasteiger partial charge in [0, 0.05) is 31.4 Å². The summed E-state index contributed by atoms with van der Waals surface area (Å²) >= 11 is 5.79. The van der Waals surface area contributed by atoms with Gasteiger partial charge >= 0.3 is 0 Å². The fourth-order valence-electron chi connectivity index (χ4n) is 1.97. The molecule has 4 nitrogen and oxygen atoms in total. The Hall–Kier alpha value is -1.13. The molecule has 92 valence electrons. The third-order valence-corrected chi connectivity index (χ3v) is 3.19. The molecule has 0 bridgehead atoms. The molecule has 1 amide bonds. The Balaban J connectivity index is 2.09. The van der Waals surface area contributed by atoms with E-state index in [-0.39, 0.29) is 5.91 Å². The molecule has 0 aliphatic carbocycles. The average Bonchev–Trinajstić information content (AvgIpc) is 2.53. The number of likely N-dealkylation sites (N-methyl/N-ethyl adjacent to an activating group) is 1. The van der Waals surface area contributed by atoms with Crippen molar-refractivity contribution in [3.8, 4) is 0 Å². The predicted molar refractivity (Wildman–Crippen MR) is 67.3 cm³/mol. The number of carbonyl (C=O) groups is 1. The van der Waals surface area contributed by atoms with Crippen LogP contribution in [0, 0.1) is 0 Å². The van der Waals surface area contributed by atoms with Gasteiger partial charge in [-0.1, -0.05) is 11.6 Å². The second kappa shape index (κ2) is 5.47. The SMILES string of the molecule is CN1CCCN(C(=O)c2ccnc(Cl)c2)CC1. The molecule has 0 aromatic carbocycles. The van der Waals surface area contributed by atoms with Gasteiger partial charge in [0.15, 0.2) is 0 Å². The highest BCUT2D eigenvalue weighted by Gasteiger charge is 2.18. The van der Waals surface area contributed by atoms with E-state index in [0.717, 1.165) is 32.6 Å². The standard InChI is InChI=1S/C12H16ClN3O/c1-15-5-2-6-16(8-7-15)12(17)10-3-4-14-11(13)9-10/h3-4,9H,2,5-8H2,1H3. The maximum Gasteiger partial charge on any atom is 0.254 e. The highest BCUT2D eigenvalue weighted by molar-refractivity contribution is 6.29. The molecule has 0 unspecified atom stereocenters. The molecule has 0 spiro atoms. The van der Waals surface area contributed by atoms with Crippen LogP contribution in [-0.2, 0) is 0 Å². The number of nitrogens with zero attached hydrogens (tertiary/aromatic N) is 3. The van der Waals surface area contributed by atoms with Crippen LogP contribution < -0.4 is 0 Å².